The van der Waals surface area contributed by atoms with Crippen LogP contribution >= 0.6 is 15.9 Å². The van der Waals surface area contributed by atoms with Gasteiger partial charge in [-0.3, -0.25) is 4.79 Å². The second-order valence-corrected chi connectivity index (χ2v) is 7.32. The summed E-state index contributed by atoms with van der Waals surface area (Å²) >= 11 is 3.25. The van der Waals surface area contributed by atoms with Gasteiger partial charge in [-0.2, -0.15) is 0 Å². The molecule has 6 heteroatoms. The molecular formula is C12H16BrNO3S. The Kier molecular flexibility index (Phi) is 5.34. The lowest BCUT2D eigenvalue weighted by Crippen LogP contribution is -2.14. The average Bonchev–Trinajstić information content (AvgIpc) is 2.24. The van der Waals surface area contributed by atoms with Crippen LogP contribution in [0.25, 0.3) is 0 Å². The minimum Gasteiger partial charge on any atom is -0.399 e. The van der Waals surface area contributed by atoms with Crippen LogP contribution in [-0.4, -0.2) is 25.7 Å². The summed E-state index contributed by atoms with van der Waals surface area (Å²) in [5, 5.41) is 0. The third-order valence-electron chi connectivity index (χ3n) is 2.40. The molecule has 0 fully saturated rings. The zero-order valence-electron chi connectivity index (χ0n) is 10.1. The molecule has 0 bridgehead atoms. The van der Waals surface area contributed by atoms with Crippen molar-refractivity contribution >= 4 is 37.2 Å². The molecule has 100 valence electrons. The number of rotatable bonds is 6. The van der Waals surface area contributed by atoms with Crippen molar-refractivity contribution < 1.29 is 13.2 Å². The molecule has 0 atom stereocenters. The summed E-state index contributed by atoms with van der Waals surface area (Å²) in [6.07, 6.45) is 0.568. The van der Waals surface area contributed by atoms with Crippen molar-refractivity contribution in [2.24, 2.45) is 0 Å². The highest BCUT2D eigenvalue weighted by atomic mass is 79.9. The standard InChI is InChI=1S/C12H16BrNO3S/c1-2-4-18(16,17)5-3-12(15)9-6-10(13)8-11(14)7-9/h6-8H,2-5,14H2,1H3. The molecule has 0 aliphatic carbocycles. The number of sulfone groups is 1. The molecule has 0 aliphatic heterocycles. The summed E-state index contributed by atoms with van der Waals surface area (Å²) in [7, 11) is -3.12. The van der Waals surface area contributed by atoms with E-state index in [-0.39, 0.29) is 23.7 Å². The zero-order valence-corrected chi connectivity index (χ0v) is 12.6. The second-order valence-electron chi connectivity index (χ2n) is 4.10. The lowest BCUT2D eigenvalue weighted by Gasteiger charge is -2.04. The van der Waals surface area contributed by atoms with Gasteiger partial charge in [-0.25, -0.2) is 8.42 Å². The topological polar surface area (TPSA) is 77.2 Å². The Morgan fingerprint density at radius 2 is 1.94 bits per heavy atom. The van der Waals surface area contributed by atoms with Crippen molar-refractivity contribution in [2.75, 3.05) is 17.2 Å². The van der Waals surface area contributed by atoms with Gasteiger partial charge < -0.3 is 5.73 Å². The van der Waals surface area contributed by atoms with Gasteiger partial charge in [0.15, 0.2) is 15.6 Å². The average molecular weight is 334 g/mol. The van der Waals surface area contributed by atoms with E-state index in [1.807, 2.05) is 0 Å². The van der Waals surface area contributed by atoms with E-state index in [1.54, 1.807) is 25.1 Å². The number of anilines is 1. The molecule has 2 N–H and O–H groups in total. The summed E-state index contributed by atoms with van der Waals surface area (Å²) in [6, 6.07) is 4.88. The Balaban J connectivity index is 2.72. The molecule has 0 radical (unpaired) electrons. The molecule has 4 nitrogen and oxygen atoms in total. The third-order valence-corrected chi connectivity index (χ3v) is 4.71. The van der Waals surface area contributed by atoms with Crippen molar-refractivity contribution in [3.8, 4) is 0 Å². The predicted octanol–water partition coefficient (Wildman–Crippen LogP) is 2.43. The Labute approximate surface area is 116 Å². The van der Waals surface area contributed by atoms with Gasteiger partial charge in [0, 0.05) is 27.9 Å². The smallest absolute Gasteiger partial charge is 0.164 e. The molecule has 0 heterocycles. The molecule has 0 aromatic heterocycles. The van der Waals surface area contributed by atoms with E-state index in [0.717, 1.165) is 0 Å². The minimum atomic E-state index is -3.12. The van der Waals surface area contributed by atoms with Crippen LogP contribution in [0.2, 0.25) is 0 Å². The monoisotopic (exact) mass is 333 g/mol. The molecule has 1 aromatic rings. The van der Waals surface area contributed by atoms with E-state index in [2.05, 4.69) is 15.9 Å². The molecule has 0 unspecified atom stereocenters. The number of carbonyl (C=O) groups excluding carboxylic acids is 1. The van der Waals surface area contributed by atoms with Gasteiger partial charge in [0.2, 0.25) is 0 Å². The van der Waals surface area contributed by atoms with Crippen molar-refractivity contribution in [2.45, 2.75) is 19.8 Å². The van der Waals surface area contributed by atoms with Crippen molar-refractivity contribution in [3.05, 3.63) is 28.2 Å². The van der Waals surface area contributed by atoms with Crippen LogP contribution in [0.1, 0.15) is 30.1 Å². The number of Topliss-reactive ketones (excluding diaryl/α,β-unsaturated/α-hetero) is 1. The van der Waals surface area contributed by atoms with Crippen LogP contribution in [0.5, 0.6) is 0 Å². The number of hydrogen-bond acceptors (Lipinski definition) is 4. The molecule has 0 saturated heterocycles. The first kappa shape index (κ1) is 15.2. The summed E-state index contributed by atoms with van der Waals surface area (Å²) in [5.74, 6) is -0.185. The first-order valence-electron chi connectivity index (χ1n) is 5.64. The molecule has 0 aliphatic rings. The van der Waals surface area contributed by atoms with Crippen LogP contribution in [0.4, 0.5) is 5.69 Å². The summed E-state index contributed by atoms with van der Waals surface area (Å²) in [6.45, 7) is 1.80. The number of hydrogen-bond donors (Lipinski definition) is 1. The molecule has 1 aromatic carbocycles. The van der Waals surface area contributed by atoms with E-state index >= 15 is 0 Å². The van der Waals surface area contributed by atoms with Crippen molar-refractivity contribution in [1.82, 2.24) is 0 Å². The first-order chi connectivity index (χ1) is 8.34. The molecule has 1 rings (SSSR count). The number of nitrogen functional groups attached to an aromatic ring is 1. The van der Waals surface area contributed by atoms with Gasteiger partial charge in [0.25, 0.3) is 0 Å². The van der Waals surface area contributed by atoms with E-state index in [9.17, 15) is 13.2 Å². The van der Waals surface area contributed by atoms with Gasteiger partial charge in [-0.1, -0.05) is 22.9 Å². The second kappa shape index (κ2) is 6.33. The highest BCUT2D eigenvalue weighted by Gasteiger charge is 2.14. The van der Waals surface area contributed by atoms with Gasteiger partial charge >= 0.3 is 0 Å². The van der Waals surface area contributed by atoms with E-state index in [0.29, 0.717) is 22.1 Å². The van der Waals surface area contributed by atoms with Gasteiger partial charge in [-0.05, 0) is 24.6 Å². The summed E-state index contributed by atoms with van der Waals surface area (Å²) < 4.78 is 23.7. The fourth-order valence-electron chi connectivity index (χ4n) is 1.58. The largest absolute Gasteiger partial charge is 0.399 e. The van der Waals surface area contributed by atoms with Crippen LogP contribution in [0.15, 0.2) is 22.7 Å². The van der Waals surface area contributed by atoms with Gasteiger partial charge in [0.1, 0.15) is 0 Å². The third kappa shape index (κ3) is 4.78. The Bertz CT molecular complexity index is 520. The number of nitrogens with two attached hydrogens (primary N) is 1. The van der Waals surface area contributed by atoms with E-state index in [1.165, 1.54) is 0 Å². The number of carbonyl (C=O) groups is 1. The molecular weight excluding hydrogens is 318 g/mol. The number of benzene rings is 1. The SMILES string of the molecule is CCCS(=O)(=O)CCC(=O)c1cc(N)cc(Br)c1. The van der Waals surface area contributed by atoms with Gasteiger partial charge in [0.05, 0.1) is 5.75 Å². The maximum atomic E-state index is 11.9. The molecule has 18 heavy (non-hydrogen) atoms. The first-order valence-corrected chi connectivity index (χ1v) is 8.25. The van der Waals surface area contributed by atoms with Crippen LogP contribution in [0, 0.1) is 0 Å². The quantitative estimate of drug-likeness (QED) is 0.640. The highest BCUT2D eigenvalue weighted by Crippen LogP contribution is 2.18. The summed E-state index contributed by atoms with van der Waals surface area (Å²) in [4.78, 5) is 11.9. The van der Waals surface area contributed by atoms with Gasteiger partial charge in [-0.15, -0.1) is 0 Å². The highest BCUT2D eigenvalue weighted by molar-refractivity contribution is 9.10. The predicted molar refractivity (Wildman–Crippen MR) is 76.4 cm³/mol. The molecule has 0 amide bonds. The minimum absolute atomic E-state index is 0.00176. The van der Waals surface area contributed by atoms with Crippen LogP contribution in [0.3, 0.4) is 0 Å². The summed E-state index contributed by atoms with van der Waals surface area (Å²) in [5.41, 5.74) is 6.54. The Hall–Kier alpha value is -0.880. The number of halogens is 1. The fourth-order valence-corrected chi connectivity index (χ4v) is 3.41. The Morgan fingerprint density at radius 3 is 2.50 bits per heavy atom. The van der Waals surface area contributed by atoms with Crippen LogP contribution < -0.4 is 5.73 Å². The van der Waals surface area contributed by atoms with E-state index in [4.69, 9.17) is 5.73 Å². The van der Waals surface area contributed by atoms with Crippen molar-refractivity contribution in [3.63, 3.8) is 0 Å². The lowest BCUT2D eigenvalue weighted by atomic mass is 10.1. The molecule has 0 spiro atoms. The lowest BCUT2D eigenvalue weighted by molar-refractivity contribution is 0.0988. The molecule has 0 saturated carbocycles. The van der Waals surface area contributed by atoms with Crippen molar-refractivity contribution in [1.29, 1.82) is 0 Å². The van der Waals surface area contributed by atoms with Crippen LogP contribution in [-0.2, 0) is 9.84 Å². The Morgan fingerprint density at radius 1 is 1.28 bits per heavy atom. The maximum absolute atomic E-state index is 11.9. The zero-order chi connectivity index (χ0) is 13.8. The fraction of sp³-hybridized carbons (Fsp3) is 0.417. The normalized spacial score (nSPS) is 11.4. The number of ketones is 1. The maximum Gasteiger partial charge on any atom is 0.164 e. The van der Waals surface area contributed by atoms with E-state index < -0.39 is 9.84 Å².